The smallest absolute Gasteiger partial charge is 0.411 e. The normalized spacial score (nSPS) is 23.2. The molecule has 2 aliphatic heterocycles. The van der Waals surface area contributed by atoms with Gasteiger partial charge in [-0.15, -0.1) is 0 Å². The molecule has 2 aromatic carbocycles. The van der Waals surface area contributed by atoms with Crippen LogP contribution in [0.25, 0.3) is 11.0 Å². The summed E-state index contributed by atoms with van der Waals surface area (Å²) in [5.74, 6) is 0.161. The standard InChI is InChI=1S/C21H21N5O4/c27-18-14-3-1-2-4-15(14)21(30,26(18)11-12-7-8-22-10-12)13-5-6-16-17(9-13)24-19(23-16)25-20(28)29/h1-6,9,12,22,30H,7-8,10-11H2,(H,28,29)(H2,23,24,25). The molecule has 3 aromatic rings. The molecule has 1 saturated heterocycles. The highest BCUT2D eigenvalue weighted by atomic mass is 16.4. The molecule has 5 N–H and O–H groups in total. The van der Waals surface area contributed by atoms with Gasteiger partial charge in [0.2, 0.25) is 5.95 Å². The quantitative estimate of drug-likeness (QED) is 0.449. The van der Waals surface area contributed by atoms with E-state index in [1.807, 2.05) is 0 Å². The highest BCUT2D eigenvalue weighted by Crippen LogP contribution is 2.43. The molecule has 0 radical (unpaired) electrons. The van der Waals surface area contributed by atoms with E-state index in [2.05, 4.69) is 20.6 Å². The predicted molar refractivity (Wildman–Crippen MR) is 109 cm³/mol. The number of H-pyrrole nitrogens is 1. The SMILES string of the molecule is O=C(O)Nc1nc2ccc(C3(O)c4ccccc4C(=O)N3CC3CCNC3)cc2[nH]1. The summed E-state index contributed by atoms with van der Waals surface area (Å²) in [5, 5.41) is 26.4. The van der Waals surface area contributed by atoms with Gasteiger partial charge in [0.05, 0.1) is 11.0 Å². The number of anilines is 1. The lowest BCUT2D eigenvalue weighted by molar-refractivity contribution is -0.0550. The first-order valence-corrected chi connectivity index (χ1v) is 9.81. The van der Waals surface area contributed by atoms with Crippen LogP contribution in [-0.2, 0) is 5.72 Å². The molecule has 5 rings (SSSR count). The molecule has 154 valence electrons. The Morgan fingerprint density at radius 2 is 2.13 bits per heavy atom. The molecule has 0 bridgehead atoms. The molecular formula is C21H21N5O4. The molecule has 30 heavy (non-hydrogen) atoms. The second kappa shape index (κ2) is 6.82. The first-order chi connectivity index (χ1) is 14.5. The van der Waals surface area contributed by atoms with Crippen LogP contribution in [0.4, 0.5) is 10.7 Å². The summed E-state index contributed by atoms with van der Waals surface area (Å²) < 4.78 is 0. The summed E-state index contributed by atoms with van der Waals surface area (Å²) in [6.07, 6.45) is -0.278. The molecular weight excluding hydrogens is 386 g/mol. The first-order valence-electron chi connectivity index (χ1n) is 9.81. The number of aromatic nitrogens is 2. The van der Waals surface area contributed by atoms with Crippen molar-refractivity contribution in [2.24, 2.45) is 5.92 Å². The number of benzene rings is 2. The van der Waals surface area contributed by atoms with E-state index in [0.717, 1.165) is 19.5 Å². The van der Waals surface area contributed by atoms with Gasteiger partial charge >= 0.3 is 6.09 Å². The van der Waals surface area contributed by atoms with Crippen molar-refractivity contribution >= 4 is 29.0 Å². The highest BCUT2D eigenvalue weighted by molar-refractivity contribution is 6.00. The fraction of sp³-hybridized carbons (Fsp3) is 0.286. The summed E-state index contributed by atoms with van der Waals surface area (Å²) in [6.45, 7) is 2.14. The van der Waals surface area contributed by atoms with E-state index in [9.17, 15) is 14.7 Å². The maximum absolute atomic E-state index is 13.2. The topological polar surface area (TPSA) is 131 Å². The summed E-state index contributed by atoms with van der Waals surface area (Å²) >= 11 is 0. The van der Waals surface area contributed by atoms with Crippen LogP contribution in [0.15, 0.2) is 42.5 Å². The zero-order valence-electron chi connectivity index (χ0n) is 16.1. The number of rotatable bonds is 4. The largest absolute Gasteiger partial charge is 0.465 e. The number of aromatic amines is 1. The van der Waals surface area contributed by atoms with Gasteiger partial charge in [0.25, 0.3) is 5.91 Å². The number of carbonyl (C=O) groups excluding carboxylic acids is 1. The molecule has 0 aliphatic carbocycles. The van der Waals surface area contributed by atoms with Gasteiger partial charge in [-0.25, -0.2) is 9.78 Å². The highest BCUT2D eigenvalue weighted by Gasteiger charge is 2.50. The molecule has 0 spiro atoms. The monoisotopic (exact) mass is 407 g/mol. The van der Waals surface area contributed by atoms with Crippen LogP contribution in [-0.4, -0.2) is 56.7 Å². The van der Waals surface area contributed by atoms with E-state index < -0.39 is 11.8 Å². The van der Waals surface area contributed by atoms with Crippen LogP contribution >= 0.6 is 0 Å². The third kappa shape index (κ3) is 2.82. The van der Waals surface area contributed by atoms with Gasteiger partial charge in [0, 0.05) is 23.2 Å². The molecule has 0 saturated carbocycles. The van der Waals surface area contributed by atoms with E-state index in [0.29, 0.717) is 34.3 Å². The lowest BCUT2D eigenvalue weighted by Crippen LogP contribution is -2.47. The average Bonchev–Trinajstić information content (AvgIpc) is 3.42. The van der Waals surface area contributed by atoms with Crippen molar-refractivity contribution in [3.63, 3.8) is 0 Å². The maximum Gasteiger partial charge on any atom is 0.411 e. The number of hydrogen-bond acceptors (Lipinski definition) is 5. The second-order valence-electron chi connectivity index (χ2n) is 7.74. The van der Waals surface area contributed by atoms with Gasteiger partial charge in [-0.1, -0.05) is 24.3 Å². The van der Waals surface area contributed by atoms with Crippen molar-refractivity contribution in [3.8, 4) is 0 Å². The number of amides is 2. The maximum atomic E-state index is 13.2. The molecule has 2 atom stereocenters. The second-order valence-corrected chi connectivity index (χ2v) is 7.74. The lowest BCUT2D eigenvalue weighted by Gasteiger charge is -2.36. The summed E-state index contributed by atoms with van der Waals surface area (Å²) in [6, 6.07) is 12.2. The Labute approximate surface area is 171 Å². The number of nitrogens with one attached hydrogen (secondary N) is 3. The number of nitrogens with zero attached hydrogens (tertiary/aromatic N) is 2. The number of carbonyl (C=O) groups is 2. The fourth-order valence-electron chi connectivity index (χ4n) is 4.45. The average molecular weight is 407 g/mol. The number of hydrogen-bond donors (Lipinski definition) is 5. The fourth-order valence-corrected chi connectivity index (χ4v) is 4.45. The Morgan fingerprint density at radius 1 is 1.30 bits per heavy atom. The lowest BCUT2D eigenvalue weighted by atomic mass is 9.93. The minimum absolute atomic E-state index is 0.0958. The minimum atomic E-state index is -1.62. The van der Waals surface area contributed by atoms with E-state index >= 15 is 0 Å². The number of fused-ring (bicyclic) bond motifs is 2. The molecule has 3 heterocycles. The van der Waals surface area contributed by atoms with Gasteiger partial charge in [0.15, 0.2) is 5.72 Å². The van der Waals surface area contributed by atoms with Gasteiger partial charge in [-0.3, -0.25) is 10.1 Å². The van der Waals surface area contributed by atoms with Crippen LogP contribution in [0, 0.1) is 5.92 Å². The van der Waals surface area contributed by atoms with E-state index in [1.54, 1.807) is 47.4 Å². The zero-order valence-corrected chi connectivity index (χ0v) is 16.1. The van der Waals surface area contributed by atoms with Crippen molar-refractivity contribution in [2.45, 2.75) is 12.1 Å². The van der Waals surface area contributed by atoms with Crippen LogP contribution in [0.5, 0.6) is 0 Å². The van der Waals surface area contributed by atoms with E-state index in [-0.39, 0.29) is 17.8 Å². The summed E-state index contributed by atoms with van der Waals surface area (Å²) in [7, 11) is 0. The van der Waals surface area contributed by atoms with Crippen LogP contribution in [0.3, 0.4) is 0 Å². The number of aliphatic hydroxyl groups is 1. The molecule has 1 fully saturated rings. The summed E-state index contributed by atoms with van der Waals surface area (Å²) in [5.41, 5.74) is 1.05. The van der Waals surface area contributed by atoms with Crippen molar-refractivity contribution in [1.82, 2.24) is 20.2 Å². The van der Waals surface area contributed by atoms with Gasteiger partial charge in [-0.2, -0.15) is 0 Å². The molecule has 2 unspecified atom stereocenters. The zero-order chi connectivity index (χ0) is 20.9. The van der Waals surface area contributed by atoms with Crippen molar-refractivity contribution in [3.05, 3.63) is 59.2 Å². The van der Waals surface area contributed by atoms with Gasteiger partial charge in [0.1, 0.15) is 0 Å². The summed E-state index contributed by atoms with van der Waals surface area (Å²) in [4.78, 5) is 32.7. The third-order valence-electron chi connectivity index (χ3n) is 5.88. The predicted octanol–water partition coefficient (Wildman–Crippen LogP) is 1.91. The Bertz CT molecular complexity index is 1150. The van der Waals surface area contributed by atoms with Crippen molar-refractivity contribution in [2.75, 3.05) is 25.0 Å². The van der Waals surface area contributed by atoms with Crippen molar-refractivity contribution in [1.29, 1.82) is 0 Å². The first kappa shape index (κ1) is 18.6. The van der Waals surface area contributed by atoms with Crippen molar-refractivity contribution < 1.29 is 19.8 Å². The minimum Gasteiger partial charge on any atom is -0.465 e. The van der Waals surface area contributed by atoms with E-state index in [1.165, 1.54) is 0 Å². The Kier molecular flexibility index (Phi) is 4.23. The van der Waals surface area contributed by atoms with E-state index in [4.69, 9.17) is 5.11 Å². The Balaban J connectivity index is 1.61. The molecule has 9 nitrogen and oxygen atoms in total. The molecule has 2 amide bonds. The Hall–Kier alpha value is -3.43. The number of imidazole rings is 1. The van der Waals surface area contributed by atoms with Gasteiger partial charge in [-0.05, 0) is 43.6 Å². The van der Waals surface area contributed by atoms with Crippen LogP contribution in [0.2, 0.25) is 0 Å². The molecule has 1 aromatic heterocycles. The van der Waals surface area contributed by atoms with Gasteiger partial charge < -0.3 is 25.4 Å². The third-order valence-corrected chi connectivity index (χ3v) is 5.88. The Morgan fingerprint density at radius 3 is 2.90 bits per heavy atom. The number of carboxylic acid groups (broad SMARTS) is 1. The van der Waals surface area contributed by atoms with Crippen LogP contribution < -0.4 is 10.6 Å². The molecule has 9 heteroatoms. The molecule has 2 aliphatic rings. The van der Waals surface area contributed by atoms with Crippen LogP contribution in [0.1, 0.15) is 27.9 Å².